The van der Waals surface area contributed by atoms with E-state index in [1.165, 1.54) is 22.5 Å². The highest BCUT2D eigenvalue weighted by molar-refractivity contribution is 9.10. The van der Waals surface area contributed by atoms with Crippen LogP contribution in [-0.4, -0.2) is 36.0 Å². The van der Waals surface area contributed by atoms with Crippen molar-refractivity contribution in [3.8, 4) is 0 Å². The highest BCUT2D eigenvalue weighted by atomic mass is 79.9. The molecular formula is C13H11BrN6O3S. The van der Waals surface area contributed by atoms with Gasteiger partial charge in [0.1, 0.15) is 28.6 Å². The number of Topliss-reactive ketones (excluding diaryl/α,β-unsaturated/α-hetero) is 1. The number of amides is 1. The molecule has 0 aromatic carbocycles. The van der Waals surface area contributed by atoms with E-state index in [0.29, 0.717) is 20.8 Å². The third-order valence-electron chi connectivity index (χ3n) is 3.19. The van der Waals surface area contributed by atoms with Gasteiger partial charge in [-0.05, 0) is 15.9 Å². The maximum Gasteiger partial charge on any atom is 0.266 e. The number of nitrogens with one attached hydrogen (secondary N) is 1. The monoisotopic (exact) mass is 410 g/mol. The number of nitrogens with zero attached hydrogens (tertiary/aromatic N) is 5. The molecule has 0 bridgehead atoms. The lowest BCUT2D eigenvalue weighted by molar-refractivity contribution is -0.116. The minimum atomic E-state index is -0.442. The standard InChI is InChI=1S/C13H11BrN6O3S/c1-6(21)7-4-24-13(16-7)17-8(22)3-20-5-15-11-9(12(20)23)10(14)18-19(11)2/h4-5H,3H2,1-2H3,(H,16,17,22). The third-order valence-corrected chi connectivity index (χ3v) is 4.51. The maximum absolute atomic E-state index is 12.4. The fraction of sp³-hybridized carbons (Fsp3) is 0.231. The first-order chi connectivity index (χ1) is 11.4. The Morgan fingerprint density at radius 2 is 2.17 bits per heavy atom. The fourth-order valence-corrected chi connectivity index (χ4v) is 3.41. The number of carbonyl (C=O) groups excluding carboxylic acids is 2. The number of fused-ring (bicyclic) bond motifs is 1. The van der Waals surface area contributed by atoms with Gasteiger partial charge in [0.2, 0.25) is 5.91 Å². The Morgan fingerprint density at radius 3 is 2.83 bits per heavy atom. The van der Waals surface area contributed by atoms with E-state index >= 15 is 0 Å². The van der Waals surface area contributed by atoms with E-state index in [2.05, 4.69) is 36.3 Å². The second-order valence-corrected chi connectivity index (χ2v) is 6.54. The summed E-state index contributed by atoms with van der Waals surface area (Å²) in [4.78, 5) is 43.9. The van der Waals surface area contributed by atoms with E-state index < -0.39 is 5.91 Å². The minimum absolute atomic E-state index is 0.181. The number of anilines is 1. The van der Waals surface area contributed by atoms with Crippen LogP contribution in [0.1, 0.15) is 17.4 Å². The molecule has 3 heterocycles. The summed E-state index contributed by atoms with van der Waals surface area (Å²) in [6.07, 6.45) is 1.29. The molecule has 0 saturated heterocycles. The molecule has 9 nitrogen and oxygen atoms in total. The van der Waals surface area contributed by atoms with E-state index in [0.717, 1.165) is 11.3 Å². The Bertz CT molecular complexity index is 1020. The molecule has 0 saturated carbocycles. The first-order valence-corrected chi connectivity index (χ1v) is 8.38. The Morgan fingerprint density at radius 1 is 1.42 bits per heavy atom. The first-order valence-electron chi connectivity index (χ1n) is 6.70. The van der Waals surface area contributed by atoms with Crippen LogP contribution in [0.15, 0.2) is 21.1 Å². The zero-order valence-electron chi connectivity index (χ0n) is 12.6. The molecule has 124 valence electrons. The van der Waals surface area contributed by atoms with Crippen LogP contribution in [0.4, 0.5) is 5.13 Å². The Kier molecular flexibility index (Phi) is 4.28. The zero-order chi connectivity index (χ0) is 17.4. The average Bonchev–Trinajstić information content (AvgIpc) is 3.07. The van der Waals surface area contributed by atoms with Crippen LogP contribution in [0.5, 0.6) is 0 Å². The molecule has 3 aromatic heterocycles. The quantitative estimate of drug-likeness (QED) is 0.646. The van der Waals surface area contributed by atoms with Crippen molar-refractivity contribution in [3.05, 3.63) is 32.4 Å². The van der Waals surface area contributed by atoms with Crippen molar-refractivity contribution in [1.82, 2.24) is 24.3 Å². The molecule has 0 radical (unpaired) electrons. The second kappa shape index (κ2) is 6.24. The van der Waals surface area contributed by atoms with Crippen molar-refractivity contribution in [2.45, 2.75) is 13.5 Å². The number of aryl methyl sites for hydroxylation is 1. The number of hydrogen-bond acceptors (Lipinski definition) is 7. The number of aromatic nitrogens is 5. The lowest BCUT2D eigenvalue weighted by Crippen LogP contribution is -2.28. The third kappa shape index (κ3) is 2.99. The smallest absolute Gasteiger partial charge is 0.266 e. The van der Waals surface area contributed by atoms with Crippen molar-refractivity contribution in [3.63, 3.8) is 0 Å². The normalized spacial score (nSPS) is 11.0. The van der Waals surface area contributed by atoms with Crippen molar-refractivity contribution >= 4 is 55.1 Å². The summed E-state index contributed by atoms with van der Waals surface area (Å²) in [6, 6.07) is 0. The number of halogens is 1. The van der Waals surface area contributed by atoms with E-state index in [4.69, 9.17) is 0 Å². The highest BCUT2D eigenvalue weighted by Crippen LogP contribution is 2.17. The van der Waals surface area contributed by atoms with E-state index in [1.807, 2.05) is 0 Å². The van der Waals surface area contributed by atoms with Gasteiger partial charge in [0.15, 0.2) is 16.6 Å². The maximum atomic E-state index is 12.4. The molecule has 0 unspecified atom stereocenters. The summed E-state index contributed by atoms with van der Waals surface area (Å²) >= 11 is 4.35. The number of hydrogen-bond donors (Lipinski definition) is 1. The Balaban J connectivity index is 1.82. The lowest BCUT2D eigenvalue weighted by Gasteiger charge is -2.05. The van der Waals surface area contributed by atoms with Gasteiger partial charge < -0.3 is 5.32 Å². The van der Waals surface area contributed by atoms with Gasteiger partial charge in [0.05, 0.1) is 0 Å². The van der Waals surface area contributed by atoms with Crippen LogP contribution in [0.3, 0.4) is 0 Å². The molecule has 0 spiro atoms. The van der Waals surface area contributed by atoms with Gasteiger partial charge in [-0.3, -0.25) is 19.0 Å². The van der Waals surface area contributed by atoms with Crippen molar-refractivity contribution in [2.75, 3.05) is 5.32 Å². The summed E-state index contributed by atoms with van der Waals surface area (Å²) in [7, 11) is 1.67. The molecule has 0 aliphatic heterocycles. The van der Waals surface area contributed by atoms with Gasteiger partial charge >= 0.3 is 0 Å². The molecule has 3 aromatic rings. The molecule has 0 fully saturated rings. The Hall–Kier alpha value is -2.40. The van der Waals surface area contributed by atoms with Crippen LogP contribution in [0, 0.1) is 0 Å². The molecule has 1 amide bonds. The van der Waals surface area contributed by atoms with Crippen LogP contribution >= 0.6 is 27.3 Å². The predicted octanol–water partition coefficient (Wildman–Crippen LogP) is 1.19. The summed E-state index contributed by atoms with van der Waals surface area (Å²) in [6.45, 7) is 1.17. The summed E-state index contributed by atoms with van der Waals surface area (Å²) in [5, 5.41) is 8.80. The van der Waals surface area contributed by atoms with Gasteiger partial charge in [-0.1, -0.05) is 0 Å². The number of rotatable bonds is 4. The van der Waals surface area contributed by atoms with Crippen molar-refractivity contribution in [2.24, 2.45) is 7.05 Å². The zero-order valence-corrected chi connectivity index (χ0v) is 15.0. The molecule has 24 heavy (non-hydrogen) atoms. The fourth-order valence-electron chi connectivity index (χ4n) is 2.05. The van der Waals surface area contributed by atoms with E-state index in [1.54, 1.807) is 12.4 Å². The van der Waals surface area contributed by atoms with E-state index in [9.17, 15) is 14.4 Å². The molecule has 0 aliphatic rings. The molecule has 1 N–H and O–H groups in total. The topological polar surface area (TPSA) is 112 Å². The molecule has 0 atom stereocenters. The SMILES string of the molecule is CC(=O)c1csc(NC(=O)Cn2cnc3c(c(Br)nn3C)c2=O)n1. The largest absolute Gasteiger partial charge is 0.300 e. The first kappa shape index (κ1) is 16.5. The summed E-state index contributed by atoms with van der Waals surface area (Å²) in [5.74, 6) is -0.623. The lowest BCUT2D eigenvalue weighted by atomic mass is 10.4. The second-order valence-electron chi connectivity index (χ2n) is 4.93. The number of ketones is 1. The van der Waals surface area contributed by atoms with Gasteiger partial charge in [-0.15, -0.1) is 11.3 Å². The van der Waals surface area contributed by atoms with Gasteiger partial charge in [-0.2, -0.15) is 5.10 Å². The summed E-state index contributed by atoms with van der Waals surface area (Å²) < 4.78 is 3.03. The van der Waals surface area contributed by atoms with Crippen LogP contribution < -0.4 is 10.9 Å². The predicted molar refractivity (Wildman–Crippen MR) is 91.2 cm³/mol. The van der Waals surface area contributed by atoms with Gasteiger partial charge in [-0.25, -0.2) is 14.6 Å². The van der Waals surface area contributed by atoms with E-state index in [-0.39, 0.29) is 23.6 Å². The minimum Gasteiger partial charge on any atom is -0.300 e. The number of thiazole rings is 1. The van der Waals surface area contributed by atoms with Crippen molar-refractivity contribution in [1.29, 1.82) is 0 Å². The Labute approximate surface area is 147 Å². The molecule has 3 rings (SSSR count). The molecule has 11 heteroatoms. The van der Waals surface area contributed by atoms with Crippen LogP contribution in [0.2, 0.25) is 0 Å². The number of carbonyl (C=O) groups is 2. The van der Waals surface area contributed by atoms with Gasteiger partial charge in [0.25, 0.3) is 5.56 Å². The van der Waals surface area contributed by atoms with Gasteiger partial charge in [0, 0.05) is 19.4 Å². The average molecular weight is 411 g/mol. The molecular weight excluding hydrogens is 400 g/mol. The molecule has 0 aliphatic carbocycles. The highest BCUT2D eigenvalue weighted by Gasteiger charge is 2.15. The van der Waals surface area contributed by atoms with Crippen LogP contribution in [-0.2, 0) is 18.4 Å². The van der Waals surface area contributed by atoms with Crippen LogP contribution in [0.25, 0.3) is 11.0 Å². The van der Waals surface area contributed by atoms with Crippen molar-refractivity contribution < 1.29 is 9.59 Å². The summed E-state index contributed by atoms with van der Waals surface area (Å²) in [5.41, 5.74) is 0.336.